The number of halogens is 1. The summed E-state index contributed by atoms with van der Waals surface area (Å²) in [6.45, 7) is 2.31. The first-order chi connectivity index (χ1) is 12.9. The Morgan fingerprint density at radius 1 is 1.22 bits per heavy atom. The third-order valence-electron chi connectivity index (χ3n) is 3.93. The molecule has 1 aromatic carbocycles. The molecule has 0 atom stereocenters. The highest BCUT2D eigenvalue weighted by atomic mass is 35.5. The van der Waals surface area contributed by atoms with Crippen LogP contribution in [-0.2, 0) is 6.42 Å². The quantitative estimate of drug-likeness (QED) is 0.683. The van der Waals surface area contributed by atoms with Crippen molar-refractivity contribution in [3.05, 3.63) is 57.1 Å². The first-order valence-electron chi connectivity index (χ1n) is 8.43. The fourth-order valence-electron chi connectivity index (χ4n) is 2.45. The maximum absolute atomic E-state index is 12.4. The minimum atomic E-state index is -0.174. The van der Waals surface area contributed by atoms with Crippen molar-refractivity contribution in [3.63, 3.8) is 0 Å². The molecular formula is C19H20ClN5OS. The maximum Gasteiger partial charge on any atom is 0.254 e. The standard InChI is InChI=1S/C19H20ClN5OS/c1-12-15(10-22-19(23-12)25(2)3)18(26)21-9-8-17-24-16(11-27-17)13-4-6-14(20)7-5-13/h4-7,10-11H,8-9H2,1-3H3,(H,21,26). The molecule has 3 aromatic rings. The molecule has 3 rings (SSSR count). The fraction of sp³-hybridized carbons (Fsp3) is 0.263. The molecule has 2 aromatic heterocycles. The molecule has 0 spiro atoms. The molecule has 0 unspecified atom stereocenters. The molecule has 0 bridgehead atoms. The summed E-state index contributed by atoms with van der Waals surface area (Å²) >= 11 is 7.50. The summed E-state index contributed by atoms with van der Waals surface area (Å²) in [6, 6.07) is 7.59. The number of aromatic nitrogens is 3. The van der Waals surface area contributed by atoms with Gasteiger partial charge in [-0.05, 0) is 19.1 Å². The van der Waals surface area contributed by atoms with Gasteiger partial charge in [-0.15, -0.1) is 11.3 Å². The largest absolute Gasteiger partial charge is 0.352 e. The Bertz CT molecular complexity index is 940. The van der Waals surface area contributed by atoms with Gasteiger partial charge in [0.2, 0.25) is 5.95 Å². The number of carbonyl (C=O) groups excluding carboxylic acids is 1. The monoisotopic (exact) mass is 401 g/mol. The van der Waals surface area contributed by atoms with E-state index in [0.29, 0.717) is 35.2 Å². The first kappa shape index (κ1) is 19.3. The van der Waals surface area contributed by atoms with E-state index in [-0.39, 0.29) is 5.91 Å². The third-order valence-corrected chi connectivity index (χ3v) is 5.09. The van der Waals surface area contributed by atoms with Crippen LogP contribution in [0.4, 0.5) is 5.95 Å². The average Bonchev–Trinajstić information content (AvgIpc) is 3.11. The molecule has 140 valence electrons. The lowest BCUT2D eigenvalue weighted by atomic mass is 10.2. The minimum Gasteiger partial charge on any atom is -0.352 e. The first-order valence-corrected chi connectivity index (χ1v) is 9.69. The normalized spacial score (nSPS) is 10.7. The number of nitrogens with one attached hydrogen (secondary N) is 1. The van der Waals surface area contributed by atoms with Crippen molar-refractivity contribution in [3.8, 4) is 11.3 Å². The smallest absolute Gasteiger partial charge is 0.254 e. The van der Waals surface area contributed by atoms with E-state index in [2.05, 4.69) is 20.3 Å². The molecule has 2 heterocycles. The molecule has 0 aliphatic rings. The summed E-state index contributed by atoms with van der Waals surface area (Å²) in [4.78, 5) is 27.3. The van der Waals surface area contributed by atoms with Crippen molar-refractivity contribution in [2.75, 3.05) is 25.5 Å². The fourth-order valence-corrected chi connectivity index (χ4v) is 3.38. The van der Waals surface area contributed by atoms with Crippen LogP contribution in [-0.4, -0.2) is 41.5 Å². The average molecular weight is 402 g/mol. The second-order valence-corrected chi connectivity index (χ2v) is 7.58. The highest BCUT2D eigenvalue weighted by Gasteiger charge is 2.12. The molecule has 1 amide bonds. The van der Waals surface area contributed by atoms with Gasteiger partial charge >= 0.3 is 0 Å². The van der Waals surface area contributed by atoms with E-state index in [1.54, 1.807) is 22.4 Å². The van der Waals surface area contributed by atoms with E-state index >= 15 is 0 Å². The molecule has 0 aliphatic carbocycles. The van der Waals surface area contributed by atoms with Crippen LogP contribution < -0.4 is 10.2 Å². The molecular weight excluding hydrogens is 382 g/mol. The summed E-state index contributed by atoms with van der Waals surface area (Å²) in [6.07, 6.45) is 2.23. The number of aryl methyl sites for hydroxylation is 1. The van der Waals surface area contributed by atoms with E-state index < -0.39 is 0 Å². The predicted octanol–water partition coefficient (Wildman–Crippen LogP) is 3.60. The van der Waals surface area contributed by atoms with Crippen LogP contribution in [0.25, 0.3) is 11.3 Å². The molecule has 0 aliphatic heterocycles. The Labute approximate surface area is 167 Å². The van der Waals surface area contributed by atoms with E-state index in [9.17, 15) is 4.79 Å². The second-order valence-electron chi connectivity index (χ2n) is 6.20. The number of hydrogen-bond acceptors (Lipinski definition) is 6. The topological polar surface area (TPSA) is 71.0 Å². The van der Waals surface area contributed by atoms with Crippen molar-refractivity contribution < 1.29 is 4.79 Å². The van der Waals surface area contributed by atoms with Gasteiger partial charge in [-0.3, -0.25) is 4.79 Å². The summed E-state index contributed by atoms with van der Waals surface area (Å²) in [7, 11) is 3.72. The van der Waals surface area contributed by atoms with Crippen molar-refractivity contribution in [2.45, 2.75) is 13.3 Å². The van der Waals surface area contributed by atoms with Crippen molar-refractivity contribution in [1.82, 2.24) is 20.3 Å². The molecule has 0 saturated heterocycles. The molecule has 27 heavy (non-hydrogen) atoms. The van der Waals surface area contributed by atoms with Gasteiger partial charge in [0, 0.05) is 49.2 Å². The zero-order chi connectivity index (χ0) is 19.4. The number of benzene rings is 1. The molecule has 0 saturated carbocycles. The number of thiazole rings is 1. The van der Waals surface area contributed by atoms with Crippen LogP contribution in [0.15, 0.2) is 35.8 Å². The zero-order valence-electron chi connectivity index (χ0n) is 15.4. The van der Waals surface area contributed by atoms with E-state index in [0.717, 1.165) is 16.3 Å². The van der Waals surface area contributed by atoms with Gasteiger partial charge in [0.15, 0.2) is 0 Å². The number of anilines is 1. The Morgan fingerprint density at radius 2 is 1.96 bits per heavy atom. The van der Waals surface area contributed by atoms with Crippen LogP contribution in [0.1, 0.15) is 21.1 Å². The van der Waals surface area contributed by atoms with Crippen LogP contribution in [0.2, 0.25) is 5.02 Å². The number of rotatable bonds is 6. The molecule has 0 fully saturated rings. The highest BCUT2D eigenvalue weighted by Crippen LogP contribution is 2.23. The minimum absolute atomic E-state index is 0.174. The number of amides is 1. The number of carbonyl (C=O) groups is 1. The summed E-state index contributed by atoms with van der Waals surface area (Å²) in [5, 5.41) is 6.59. The lowest BCUT2D eigenvalue weighted by molar-refractivity contribution is 0.0952. The van der Waals surface area contributed by atoms with Gasteiger partial charge < -0.3 is 10.2 Å². The van der Waals surface area contributed by atoms with Crippen LogP contribution in [0.3, 0.4) is 0 Å². The summed E-state index contributed by atoms with van der Waals surface area (Å²) in [5.74, 6) is 0.411. The molecule has 8 heteroatoms. The van der Waals surface area contributed by atoms with Crippen LogP contribution in [0.5, 0.6) is 0 Å². The van der Waals surface area contributed by atoms with E-state index in [4.69, 9.17) is 11.6 Å². The summed E-state index contributed by atoms with van der Waals surface area (Å²) < 4.78 is 0. The Kier molecular flexibility index (Phi) is 6.03. The lowest BCUT2D eigenvalue weighted by Gasteiger charge is -2.12. The van der Waals surface area contributed by atoms with Gasteiger partial charge in [0.25, 0.3) is 5.91 Å². The third kappa shape index (κ3) is 4.81. The van der Waals surface area contributed by atoms with Crippen LogP contribution >= 0.6 is 22.9 Å². The number of hydrogen-bond donors (Lipinski definition) is 1. The van der Waals surface area contributed by atoms with Gasteiger partial charge in [-0.2, -0.15) is 0 Å². The van der Waals surface area contributed by atoms with Crippen molar-refractivity contribution in [2.24, 2.45) is 0 Å². The SMILES string of the molecule is Cc1nc(N(C)C)ncc1C(=O)NCCc1nc(-c2ccc(Cl)cc2)cs1. The summed E-state index contributed by atoms with van der Waals surface area (Å²) in [5.41, 5.74) is 3.09. The van der Waals surface area contributed by atoms with Crippen molar-refractivity contribution >= 4 is 34.8 Å². The van der Waals surface area contributed by atoms with Crippen LogP contribution in [0, 0.1) is 6.92 Å². The molecule has 6 nitrogen and oxygen atoms in total. The van der Waals surface area contributed by atoms with Gasteiger partial charge in [-0.25, -0.2) is 15.0 Å². The zero-order valence-corrected chi connectivity index (χ0v) is 16.9. The second kappa shape index (κ2) is 8.45. The van der Waals surface area contributed by atoms with Crippen molar-refractivity contribution in [1.29, 1.82) is 0 Å². The van der Waals surface area contributed by atoms with E-state index in [1.807, 2.05) is 50.7 Å². The Balaban J connectivity index is 1.57. The molecule has 0 radical (unpaired) electrons. The van der Waals surface area contributed by atoms with Gasteiger partial charge in [0.1, 0.15) is 0 Å². The van der Waals surface area contributed by atoms with Gasteiger partial charge in [0.05, 0.1) is 22.0 Å². The number of nitrogens with zero attached hydrogens (tertiary/aromatic N) is 4. The maximum atomic E-state index is 12.4. The Morgan fingerprint density at radius 3 is 2.63 bits per heavy atom. The highest BCUT2D eigenvalue weighted by molar-refractivity contribution is 7.09. The van der Waals surface area contributed by atoms with Gasteiger partial charge in [-0.1, -0.05) is 23.7 Å². The Hall–Kier alpha value is -2.51. The van der Waals surface area contributed by atoms with E-state index in [1.165, 1.54) is 0 Å². The predicted molar refractivity (Wildman–Crippen MR) is 110 cm³/mol. The molecule has 1 N–H and O–H groups in total. The lowest BCUT2D eigenvalue weighted by Crippen LogP contribution is -2.27.